The molecule has 0 amide bonds. The highest BCUT2D eigenvalue weighted by Crippen LogP contribution is 2.24. The summed E-state index contributed by atoms with van der Waals surface area (Å²) in [4.78, 5) is 14.0. The lowest BCUT2D eigenvalue weighted by atomic mass is 10.2. The molecule has 1 unspecified atom stereocenters. The molecule has 1 N–H and O–H groups in total. The van der Waals surface area contributed by atoms with Crippen LogP contribution < -0.4 is 10.5 Å². The van der Waals surface area contributed by atoms with Crippen LogP contribution in [0.2, 0.25) is 5.02 Å². The van der Waals surface area contributed by atoms with E-state index in [1.54, 1.807) is 13.2 Å². The lowest BCUT2D eigenvalue weighted by Gasteiger charge is -2.22. The molecule has 0 saturated carbocycles. The molecule has 2 aromatic carbocycles. The molecule has 0 aliphatic rings. The van der Waals surface area contributed by atoms with Crippen LogP contribution in [0.25, 0.3) is 11.4 Å². The van der Waals surface area contributed by atoms with Crippen molar-refractivity contribution < 1.29 is 14.4 Å². The van der Waals surface area contributed by atoms with Gasteiger partial charge in [-0.1, -0.05) is 47.1 Å². The van der Waals surface area contributed by atoms with Gasteiger partial charge >= 0.3 is 5.76 Å². The van der Waals surface area contributed by atoms with Gasteiger partial charge in [-0.3, -0.25) is 14.0 Å². The van der Waals surface area contributed by atoms with E-state index in [1.807, 2.05) is 54.4 Å². The number of nitrogens with zero attached hydrogens (tertiary/aromatic N) is 3. The highest BCUT2D eigenvalue weighted by molar-refractivity contribution is 6.30. The third-order valence-electron chi connectivity index (χ3n) is 4.32. The van der Waals surface area contributed by atoms with Crippen molar-refractivity contribution in [2.24, 2.45) is 0 Å². The number of aliphatic hydroxyl groups excluding tert-OH is 1. The van der Waals surface area contributed by atoms with Gasteiger partial charge in [0, 0.05) is 29.2 Å². The molecule has 7 nitrogen and oxygen atoms in total. The summed E-state index contributed by atoms with van der Waals surface area (Å²) in [7, 11) is 3.48. The normalized spacial score (nSPS) is 12.3. The zero-order chi connectivity index (χ0) is 20.1. The van der Waals surface area contributed by atoms with Gasteiger partial charge in [0.05, 0.1) is 19.8 Å². The Balaban J connectivity index is 1.68. The van der Waals surface area contributed by atoms with E-state index in [1.165, 1.54) is 4.57 Å². The Morgan fingerprint density at radius 3 is 2.75 bits per heavy atom. The average Bonchev–Trinajstić information content (AvgIpc) is 3.03. The number of aliphatic hydroxyl groups is 1. The number of hydrogen-bond acceptors (Lipinski definition) is 6. The summed E-state index contributed by atoms with van der Waals surface area (Å²) in [6.07, 6.45) is -0.797. The van der Waals surface area contributed by atoms with Crippen molar-refractivity contribution in [3.8, 4) is 17.1 Å². The lowest BCUT2D eigenvalue weighted by Crippen LogP contribution is -2.34. The maximum atomic E-state index is 12.0. The molecular weight excluding hydrogens is 382 g/mol. The van der Waals surface area contributed by atoms with E-state index in [4.69, 9.17) is 20.9 Å². The Hall–Kier alpha value is -2.61. The molecule has 0 fully saturated rings. The van der Waals surface area contributed by atoms with E-state index in [0.717, 1.165) is 16.9 Å². The molecule has 0 aliphatic heterocycles. The molecule has 0 aliphatic carbocycles. The molecular formula is C20H22ClN3O4. The predicted molar refractivity (Wildman–Crippen MR) is 107 cm³/mol. The summed E-state index contributed by atoms with van der Waals surface area (Å²) >= 11 is 6.07. The standard InChI is InChI=1S/C20H22ClN3O4/c1-23(11-15-10-16(21)8-9-18(15)27-2)12-17(25)13-24-19(22-28-20(24)26)14-6-4-3-5-7-14/h3-10,17,25H,11-13H2,1-2H3. The maximum Gasteiger partial charge on any atom is 0.441 e. The van der Waals surface area contributed by atoms with Crippen LogP contribution in [0.3, 0.4) is 0 Å². The fourth-order valence-electron chi connectivity index (χ4n) is 3.08. The van der Waals surface area contributed by atoms with Crippen molar-refractivity contribution in [1.29, 1.82) is 0 Å². The zero-order valence-electron chi connectivity index (χ0n) is 15.7. The molecule has 148 valence electrons. The maximum absolute atomic E-state index is 12.0. The number of halogens is 1. The molecule has 3 rings (SSSR count). The minimum Gasteiger partial charge on any atom is -0.496 e. The van der Waals surface area contributed by atoms with Crippen molar-refractivity contribution in [2.75, 3.05) is 20.7 Å². The van der Waals surface area contributed by atoms with Crippen LogP contribution in [0, 0.1) is 0 Å². The Morgan fingerprint density at radius 2 is 2.04 bits per heavy atom. The number of likely N-dealkylation sites (N-methyl/N-ethyl adjacent to an activating group) is 1. The van der Waals surface area contributed by atoms with Gasteiger partial charge in [-0.05, 0) is 25.2 Å². The van der Waals surface area contributed by atoms with Crippen LogP contribution in [0.4, 0.5) is 0 Å². The predicted octanol–water partition coefficient (Wildman–Crippen LogP) is 2.66. The topological polar surface area (TPSA) is 80.7 Å². The molecule has 0 radical (unpaired) electrons. The fraction of sp³-hybridized carbons (Fsp3) is 0.300. The largest absolute Gasteiger partial charge is 0.496 e. The first-order valence-electron chi connectivity index (χ1n) is 8.79. The van der Waals surface area contributed by atoms with E-state index in [2.05, 4.69) is 5.16 Å². The number of methoxy groups -OCH3 is 1. The minimum absolute atomic E-state index is 0.0730. The van der Waals surface area contributed by atoms with E-state index in [0.29, 0.717) is 23.9 Å². The van der Waals surface area contributed by atoms with E-state index < -0.39 is 11.9 Å². The molecule has 0 bridgehead atoms. The molecule has 1 atom stereocenters. The van der Waals surface area contributed by atoms with Crippen molar-refractivity contribution >= 4 is 11.6 Å². The van der Waals surface area contributed by atoms with Gasteiger partial charge in [0.15, 0.2) is 5.82 Å². The monoisotopic (exact) mass is 403 g/mol. The molecule has 1 aromatic heterocycles. The SMILES string of the molecule is COc1ccc(Cl)cc1CN(C)CC(O)Cn1c(-c2ccccc2)noc1=O. The second-order valence-electron chi connectivity index (χ2n) is 6.56. The summed E-state index contributed by atoms with van der Waals surface area (Å²) in [6, 6.07) is 14.6. The Morgan fingerprint density at radius 1 is 1.29 bits per heavy atom. The first-order chi connectivity index (χ1) is 13.5. The highest BCUT2D eigenvalue weighted by Gasteiger charge is 2.18. The average molecular weight is 404 g/mol. The number of aromatic nitrogens is 2. The smallest absolute Gasteiger partial charge is 0.441 e. The number of rotatable bonds is 8. The fourth-order valence-corrected chi connectivity index (χ4v) is 3.27. The van der Waals surface area contributed by atoms with Crippen molar-refractivity contribution in [1.82, 2.24) is 14.6 Å². The molecule has 8 heteroatoms. The quantitative estimate of drug-likeness (QED) is 0.622. The van der Waals surface area contributed by atoms with Crippen LogP contribution in [-0.4, -0.2) is 46.5 Å². The Bertz CT molecular complexity index is 971. The summed E-state index contributed by atoms with van der Waals surface area (Å²) in [6.45, 7) is 0.940. The van der Waals surface area contributed by atoms with E-state index in [9.17, 15) is 9.90 Å². The number of hydrogen-bond donors (Lipinski definition) is 1. The number of benzene rings is 2. The van der Waals surface area contributed by atoms with Gasteiger partial charge in [-0.15, -0.1) is 0 Å². The molecule has 1 heterocycles. The number of ether oxygens (including phenoxy) is 1. The Kier molecular flexibility index (Phi) is 6.51. The molecule has 0 saturated heterocycles. The molecule has 3 aromatic rings. The van der Waals surface area contributed by atoms with Gasteiger partial charge in [0.25, 0.3) is 0 Å². The van der Waals surface area contributed by atoms with E-state index in [-0.39, 0.29) is 6.54 Å². The molecule has 28 heavy (non-hydrogen) atoms. The third-order valence-corrected chi connectivity index (χ3v) is 4.55. The zero-order valence-corrected chi connectivity index (χ0v) is 16.5. The molecule has 0 spiro atoms. The summed E-state index contributed by atoms with van der Waals surface area (Å²) in [5.74, 6) is 0.522. The summed E-state index contributed by atoms with van der Waals surface area (Å²) < 4.78 is 11.5. The van der Waals surface area contributed by atoms with Crippen LogP contribution in [0.1, 0.15) is 5.56 Å². The summed E-state index contributed by atoms with van der Waals surface area (Å²) in [5, 5.41) is 15.0. The second kappa shape index (κ2) is 9.05. The highest BCUT2D eigenvalue weighted by atomic mass is 35.5. The van der Waals surface area contributed by atoms with Crippen LogP contribution in [-0.2, 0) is 13.1 Å². The first-order valence-corrected chi connectivity index (χ1v) is 9.16. The van der Waals surface area contributed by atoms with Crippen molar-refractivity contribution in [2.45, 2.75) is 19.2 Å². The van der Waals surface area contributed by atoms with Gasteiger partial charge in [-0.2, -0.15) is 0 Å². The minimum atomic E-state index is -0.797. The van der Waals surface area contributed by atoms with Gasteiger partial charge < -0.3 is 9.84 Å². The first kappa shape index (κ1) is 20.1. The lowest BCUT2D eigenvalue weighted by molar-refractivity contribution is 0.105. The third kappa shape index (κ3) is 4.81. The van der Waals surface area contributed by atoms with Crippen molar-refractivity contribution in [3.05, 3.63) is 69.7 Å². The second-order valence-corrected chi connectivity index (χ2v) is 6.99. The van der Waals surface area contributed by atoms with Crippen molar-refractivity contribution in [3.63, 3.8) is 0 Å². The van der Waals surface area contributed by atoms with Crippen LogP contribution >= 0.6 is 11.6 Å². The van der Waals surface area contributed by atoms with Gasteiger partial charge in [-0.25, -0.2) is 4.79 Å². The van der Waals surface area contributed by atoms with Crippen LogP contribution in [0.15, 0.2) is 57.8 Å². The Labute approximate surface area is 167 Å². The van der Waals surface area contributed by atoms with Gasteiger partial charge in [0.2, 0.25) is 0 Å². The van der Waals surface area contributed by atoms with E-state index >= 15 is 0 Å². The van der Waals surface area contributed by atoms with Crippen LogP contribution in [0.5, 0.6) is 5.75 Å². The van der Waals surface area contributed by atoms with Gasteiger partial charge in [0.1, 0.15) is 5.75 Å². The summed E-state index contributed by atoms with van der Waals surface area (Å²) in [5.41, 5.74) is 1.66.